The largest absolute Gasteiger partial charge is 0.379 e. The Morgan fingerprint density at radius 3 is 2.10 bits per heavy atom. The normalized spacial score (nSPS) is 21.9. The van der Waals surface area contributed by atoms with Crippen molar-refractivity contribution < 1.29 is 47.9 Å². The predicted molar refractivity (Wildman–Crippen MR) is 299 cm³/mol. The van der Waals surface area contributed by atoms with Crippen LogP contribution in [0.15, 0.2) is 72.2 Å². The van der Waals surface area contributed by atoms with Gasteiger partial charge in [-0.15, -0.1) is 0 Å². The molecule has 27 heteroatoms. The molecule has 2 fully saturated rings. The number of aliphatic imine (C=N–C) groups is 1. The molecular weight excluding hydrogens is 1050 g/mol. The first-order chi connectivity index (χ1) is 39.0. The summed E-state index contributed by atoms with van der Waals surface area (Å²) in [7, 11) is 0. The van der Waals surface area contributed by atoms with Gasteiger partial charge in [-0.2, -0.15) is 0 Å². The highest BCUT2D eigenvalue weighted by Crippen LogP contribution is 2.20. The summed E-state index contributed by atoms with van der Waals surface area (Å²) in [4.78, 5) is 142. The van der Waals surface area contributed by atoms with Crippen molar-refractivity contribution in [2.75, 3.05) is 39.4 Å². The Bertz CT molecular complexity index is 2800. The Hall–Kier alpha value is -8.59. The first kappa shape index (κ1) is 61.6. The summed E-state index contributed by atoms with van der Waals surface area (Å²) in [6.07, 6.45) is 5.35. The number of rotatable bonds is 19. The van der Waals surface area contributed by atoms with Gasteiger partial charge in [0.2, 0.25) is 47.3 Å². The Morgan fingerprint density at radius 1 is 0.765 bits per heavy atom. The van der Waals surface area contributed by atoms with Crippen molar-refractivity contribution >= 4 is 70.2 Å². The van der Waals surface area contributed by atoms with Gasteiger partial charge >= 0.3 is 6.03 Å². The molecule has 7 atom stereocenters. The number of para-hydroxylation sites is 1. The number of primary amides is 2. The highest BCUT2D eigenvalue weighted by Gasteiger charge is 2.35. The van der Waals surface area contributed by atoms with Crippen molar-refractivity contribution in [1.82, 2.24) is 62.4 Å². The second-order valence-corrected chi connectivity index (χ2v) is 20.2. The molecule has 2 aromatic carbocycles. The molecule has 2 aliphatic rings. The molecule has 6 rings (SSSR count). The topological polar surface area (TPSA) is 423 Å². The third-order valence-electron chi connectivity index (χ3n) is 13.9. The van der Waals surface area contributed by atoms with Crippen LogP contribution in [0.4, 0.5) is 4.79 Å². The Morgan fingerprint density at radius 2 is 1.42 bits per heavy atom. The van der Waals surface area contributed by atoms with Crippen molar-refractivity contribution in [2.24, 2.45) is 27.9 Å². The van der Waals surface area contributed by atoms with Crippen LogP contribution in [0.2, 0.25) is 0 Å². The number of morpholine rings is 1. The lowest BCUT2D eigenvalue weighted by Gasteiger charge is -2.28. The van der Waals surface area contributed by atoms with E-state index < -0.39 is 102 Å². The number of guanidine groups is 1. The van der Waals surface area contributed by atoms with Gasteiger partial charge < -0.3 is 80.2 Å². The molecule has 0 radical (unpaired) electrons. The molecule has 0 saturated carbocycles. The number of hydrogen-bond acceptors (Lipinski definition) is 13. The number of nitrogens with one attached hydrogen (secondary N) is 10. The number of benzene rings is 2. The Kier molecular flexibility index (Phi) is 23.8. The lowest BCUT2D eigenvalue weighted by Crippen LogP contribution is -2.61. The van der Waals surface area contributed by atoms with Gasteiger partial charge in [-0.25, -0.2) is 9.78 Å². The van der Waals surface area contributed by atoms with Crippen molar-refractivity contribution in [2.45, 2.75) is 133 Å². The summed E-state index contributed by atoms with van der Waals surface area (Å²) in [6, 6.07) is 4.10. The fraction of sp³-hybridized carbons (Fsp3) is 0.500. The molecule has 4 heterocycles. The van der Waals surface area contributed by atoms with Crippen molar-refractivity contribution in [3.05, 3.63) is 89.6 Å². The van der Waals surface area contributed by atoms with E-state index in [9.17, 15) is 43.2 Å². The van der Waals surface area contributed by atoms with Crippen LogP contribution in [0.1, 0.15) is 87.1 Å². The average molecular weight is 1120 g/mol. The van der Waals surface area contributed by atoms with E-state index in [0.717, 1.165) is 29.6 Å². The summed E-state index contributed by atoms with van der Waals surface area (Å²) < 4.78 is 5.51. The molecule has 2 aliphatic heterocycles. The molecule has 18 N–H and O–H groups in total. The van der Waals surface area contributed by atoms with Gasteiger partial charge in [0.15, 0.2) is 5.96 Å². The zero-order valence-electron chi connectivity index (χ0n) is 45.6. The standard InChI is InChI=1S/C54H77N17O10/c1-2-3-10-40(70-54(58)80)48(75)69-44-27-45(72)60-18-7-6-12-38(46(55)73)64-50(77)42(25-34-28-62-37-11-5-4-9-36(34)37)67-47(74)39(13-8-19-61-53(56)57)65-49(76)41(66-51(78)43(68-52(44)79)26-35-29-59-31-63-35)24-32-14-16-33(17-15-32)30-71-20-22-81-23-21-71/h4-5,9,11,14-17,28-29,31,38-44,62H,2-3,6-8,10,12-13,18-27,30H2,1H3,(H2,55,73)(H,59,63)(H,60,72)(H,64,77)(H,65,76)(H,66,78)(H,67,74)(H,68,79)(H,69,75)(H4,56,57,61)(H3,58,70,80)/t38-,39-,40-,41+,42-,43-,44-/m0/s1. The molecule has 4 aromatic rings. The number of carbonyl (C=O) groups is 9. The zero-order valence-corrected chi connectivity index (χ0v) is 45.6. The molecule has 2 saturated heterocycles. The Labute approximate surface area is 468 Å². The van der Waals surface area contributed by atoms with Gasteiger partial charge in [0.1, 0.15) is 42.3 Å². The van der Waals surface area contributed by atoms with E-state index in [1.54, 1.807) is 6.20 Å². The van der Waals surface area contributed by atoms with E-state index in [4.69, 9.17) is 27.7 Å². The van der Waals surface area contributed by atoms with Crippen molar-refractivity contribution in [3.63, 3.8) is 0 Å². The van der Waals surface area contributed by atoms with Crippen LogP contribution in [-0.2, 0) is 68.9 Å². The molecular formula is C54H77N17O10. The number of amides is 10. The quantitative estimate of drug-likeness (QED) is 0.0278. The summed E-state index contributed by atoms with van der Waals surface area (Å²) in [5.74, 6) is -6.81. The minimum absolute atomic E-state index is 0.0244. The van der Waals surface area contributed by atoms with Gasteiger partial charge in [0.25, 0.3) is 0 Å². The number of aromatic amines is 2. The number of nitrogens with zero attached hydrogens (tertiary/aromatic N) is 3. The SMILES string of the molecule is CCCC[C@H](NC(N)=O)C(=O)N[C@H]1CC(=O)NCCCC[C@@H](C(N)=O)NC(=O)[C@H](Cc2c[nH]c3ccccc23)NC(=O)[C@H](CCCN=C(N)N)NC(=O)[C@@H](Cc2ccc(CN3CCOCC3)cc2)NC(=O)[C@H](Cc2cnc[nH]2)NC1=O. The fourth-order valence-electron chi connectivity index (χ4n) is 9.51. The smallest absolute Gasteiger partial charge is 0.312 e. The maximum atomic E-state index is 15.0. The van der Waals surface area contributed by atoms with Crippen LogP contribution in [0.3, 0.4) is 0 Å². The average Bonchev–Trinajstić information content (AvgIpc) is 4.32. The van der Waals surface area contributed by atoms with E-state index in [2.05, 4.69) is 67.4 Å². The second-order valence-electron chi connectivity index (χ2n) is 20.2. The number of H-pyrrole nitrogens is 2. The van der Waals surface area contributed by atoms with Crippen LogP contribution in [0.5, 0.6) is 0 Å². The number of carbonyl (C=O) groups excluding carboxylic acids is 9. The molecule has 0 unspecified atom stereocenters. The molecule has 10 amide bonds. The summed E-state index contributed by atoms with van der Waals surface area (Å²) in [6.45, 7) is 5.31. The number of imidazole rings is 1. The van der Waals surface area contributed by atoms with Crippen LogP contribution in [0.25, 0.3) is 10.9 Å². The molecule has 0 aliphatic carbocycles. The minimum Gasteiger partial charge on any atom is -0.379 e. The predicted octanol–water partition coefficient (Wildman–Crippen LogP) is -1.88. The van der Waals surface area contributed by atoms with E-state index in [1.165, 1.54) is 12.5 Å². The highest BCUT2D eigenvalue weighted by atomic mass is 16.5. The Balaban J connectivity index is 1.39. The van der Waals surface area contributed by atoms with Gasteiger partial charge in [-0.3, -0.25) is 48.2 Å². The molecule has 27 nitrogen and oxygen atoms in total. The van der Waals surface area contributed by atoms with Crippen molar-refractivity contribution in [3.8, 4) is 0 Å². The maximum absolute atomic E-state index is 15.0. The fourth-order valence-corrected chi connectivity index (χ4v) is 9.51. The van der Waals surface area contributed by atoms with E-state index in [-0.39, 0.29) is 76.8 Å². The monoisotopic (exact) mass is 1120 g/mol. The van der Waals surface area contributed by atoms with E-state index >= 15 is 0 Å². The third-order valence-corrected chi connectivity index (χ3v) is 13.9. The van der Waals surface area contributed by atoms with Gasteiger partial charge in [0.05, 0.1) is 26.0 Å². The highest BCUT2D eigenvalue weighted by molar-refractivity contribution is 5.99. The lowest BCUT2D eigenvalue weighted by molar-refractivity contribution is -0.136. The molecule has 438 valence electrons. The molecule has 0 bridgehead atoms. The summed E-state index contributed by atoms with van der Waals surface area (Å²) >= 11 is 0. The van der Waals surface area contributed by atoms with Gasteiger partial charge in [-0.1, -0.05) is 62.2 Å². The zero-order chi connectivity index (χ0) is 58.3. The van der Waals surface area contributed by atoms with E-state index in [1.807, 2.05) is 55.5 Å². The molecule has 2 aromatic heterocycles. The number of aromatic nitrogens is 3. The first-order valence-electron chi connectivity index (χ1n) is 27.4. The number of ether oxygens (including phenoxy) is 1. The van der Waals surface area contributed by atoms with Crippen LogP contribution >= 0.6 is 0 Å². The summed E-state index contributed by atoms with van der Waals surface area (Å²) in [5, 5.41) is 22.2. The second kappa shape index (κ2) is 31.3. The van der Waals surface area contributed by atoms with E-state index in [0.29, 0.717) is 49.4 Å². The molecule has 0 spiro atoms. The third kappa shape index (κ3) is 19.9. The van der Waals surface area contributed by atoms with Gasteiger partial charge in [-0.05, 0) is 61.3 Å². The van der Waals surface area contributed by atoms with Crippen molar-refractivity contribution in [1.29, 1.82) is 0 Å². The number of hydrogen-bond donors (Lipinski definition) is 14. The van der Waals surface area contributed by atoms with Crippen LogP contribution in [0, 0.1) is 0 Å². The van der Waals surface area contributed by atoms with Crippen LogP contribution < -0.4 is 65.5 Å². The minimum atomic E-state index is -1.63. The lowest BCUT2D eigenvalue weighted by atomic mass is 10.0. The van der Waals surface area contributed by atoms with Gasteiger partial charge in [0, 0.05) is 81.0 Å². The number of unbranched alkanes of at least 4 members (excludes halogenated alkanes) is 1. The summed E-state index contributed by atoms with van der Waals surface area (Å²) in [5.41, 5.74) is 25.9. The first-order valence-corrected chi connectivity index (χ1v) is 27.4. The molecule has 81 heavy (non-hydrogen) atoms. The number of nitrogens with two attached hydrogens (primary N) is 4. The number of fused-ring (bicyclic) bond motifs is 1. The maximum Gasteiger partial charge on any atom is 0.312 e. The van der Waals surface area contributed by atoms with Crippen LogP contribution in [-0.4, -0.2) is 161 Å². The number of urea groups is 1.